The Morgan fingerprint density at radius 3 is 2.83 bits per heavy atom. The number of halogens is 1. The van der Waals surface area contributed by atoms with Crippen LogP contribution in [0.1, 0.15) is 46.6 Å². The molecule has 1 N–H and O–H groups in total. The Balaban J connectivity index is 1.72. The monoisotopic (exact) mass is 418 g/mol. The van der Waals surface area contributed by atoms with Gasteiger partial charge < -0.3 is 10.1 Å². The third-order valence-corrected chi connectivity index (χ3v) is 6.23. The SMILES string of the molecule is CCOC(=O)c1c(NC(=O)CN(C)Cc2ccccc2F)sc2c1CC[C@@H](C)C2. The van der Waals surface area contributed by atoms with Gasteiger partial charge in [-0.15, -0.1) is 11.3 Å². The van der Waals surface area contributed by atoms with Crippen LogP contribution in [0.4, 0.5) is 9.39 Å². The van der Waals surface area contributed by atoms with Gasteiger partial charge >= 0.3 is 5.97 Å². The fourth-order valence-corrected chi connectivity index (χ4v) is 5.06. The van der Waals surface area contributed by atoms with Crippen molar-refractivity contribution in [3.63, 3.8) is 0 Å². The number of fused-ring (bicyclic) bond motifs is 1. The number of nitrogens with one attached hydrogen (secondary N) is 1. The zero-order valence-corrected chi connectivity index (χ0v) is 17.9. The van der Waals surface area contributed by atoms with Crippen molar-refractivity contribution < 1.29 is 18.7 Å². The summed E-state index contributed by atoms with van der Waals surface area (Å²) in [5.74, 6) is -0.341. The van der Waals surface area contributed by atoms with E-state index >= 15 is 0 Å². The van der Waals surface area contributed by atoms with E-state index in [2.05, 4.69) is 12.2 Å². The van der Waals surface area contributed by atoms with E-state index in [1.807, 2.05) is 0 Å². The molecule has 1 aliphatic carbocycles. The molecule has 3 rings (SSSR count). The number of ether oxygens (including phenoxy) is 1. The minimum Gasteiger partial charge on any atom is -0.462 e. The van der Waals surface area contributed by atoms with Crippen molar-refractivity contribution >= 4 is 28.2 Å². The molecule has 0 saturated carbocycles. The van der Waals surface area contributed by atoms with Gasteiger partial charge in [0.05, 0.1) is 18.7 Å². The highest BCUT2D eigenvalue weighted by Gasteiger charge is 2.29. The third kappa shape index (κ3) is 5.22. The molecule has 29 heavy (non-hydrogen) atoms. The maximum absolute atomic E-state index is 13.8. The van der Waals surface area contributed by atoms with Gasteiger partial charge in [0.1, 0.15) is 10.8 Å². The number of anilines is 1. The molecule has 0 aliphatic heterocycles. The molecule has 0 bridgehead atoms. The first kappa shape index (κ1) is 21.5. The highest BCUT2D eigenvalue weighted by Crippen LogP contribution is 2.40. The molecular weight excluding hydrogens is 391 g/mol. The van der Waals surface area contributed by atoms with Crippen molar-refractivity contribution in [3.05, 3.63) is 51.7 Å². The van der Waals surface area contributed by atoms with Crippen LogP contribution in [0.2, 0.25) is 0 Å². The summed E-state index contributed by atoms with van der Waals surface area (Å²) < 4.78 is 19.1. The summed E-state index contributed by atoms with van der Waals surface area (Å²) in [6.45, 7) is 4.68. The summed E-state index contributed by atoms with van der Waals surface area (Å²) in [6, 6.07) is 6.53. The van der Waals surface area contributed by atoms with Gasteiger partial charge in [-0.2, -0.15) is 0 Å². The Bertz CT molecular complexity index is 896. The Hall–Kier alpha value is -2.25. The fraction of sp³-hybridized carbons (Fsp3) is 0.455. The van der Waals surface area contributed by atoms with E-state index in [0.29, 0.717) is 35.2 Å². The standard InChI is InChI=1S/C22H27FN2O3S/c1-4-28-22(27)20-16-10-9-14(2)11-18(16)29-21(20)24-19(26)13-25(3)12-15-7-5-6-8-17(15)23/h5-8,14H,4,9-13H2,1-3H3,(H,24,26)/t14-/m1/s1. The van der Waals surface area contributed by atoms with E-state index in [0.717, 1.165) is 29.7 Å². The first-order valence-corrected chi connectivity index (χ1v) is 10.7. The molecule has 0 spiro atoms. The van der Waals surface area contributed by atoms with Gasteiger partial charge in [-0.3, -0.25) is 9.69 Å². The minimum absolute atomic E-state index is 0.0928. The average molecular weight is 419 g/mol. The minimum atomic E-state index is -0.380. The Morgan fingerprint density at radius 1 is 1.34 bits per heavy atom. The number of thiophene rings is 1. The summed E-state index contributed by atoms with van der Waals surface area (Å²) in [4.78, 5) is 28.1. The van der Waals surface area contributed by atoms with Crippen LogP contribution in [-0.2, 0) is 28.9 Å². The molecule has 0 saturated heterocycles. The van der Waals surface area contributed by atoms with Crippen LogP contribution in [0.15, 0.2) is 24.3 Å². The van der Waals surface area contributed by atoms with E-state index < -0.39 is 0 Å². The first-order chi connectivity index (χ1) is 13.9. The predicted molar refractivity (Wildman–Crippen MR) is 113 cm³/mol. The fourth-order valence-electron chi connectivity index (χ4n) is 3.64. The molecule has 1 atom stereocenters. The Morgan fingerprint density at radius 2 is 2.10 bits per heavy atom. The summed E-state index contributed by atoms with van der Waals surface area (Å²) in [6.07, 6.45) is 2.76. The van der Waals surface area contributed by atoms with Gasteiger partial charge in [0.25, 0.3) is 0 Å². The lowest BCUT2D eigenvalue weighted by molar-refractivity contribution is -0.117. The topological polar surface area (TPSA) is 58.6 Å². The highest BCUT2D eigenvalue weighted by atomic mass is 32.1. The van der Waals surface area contributed by atoms with E-state index in [1.54, 1.807) is 37.1 Å². The van der Waals surface area contributed by atoms with Crippen LogP contribution in [0.25, 0.3) is 0 Å². The molecule has 1 aromatic heterocycles. The molecule has 0 unspecified atom stereocenters. The third-order valence-electron chi connectivity index (χ3n) is 5.06. The molecular formula is C22H27FN2O3S. The van der Waals surface area contributed by atoms with Crippen molar-refractivity contribution in [2.45, 2.75) is 39.7 Å². The first-order valence-electron chi connectivity index (χ1n) is 9.92. The zero-order valence-electron chi connectivity index (χ0n) is 17.1. The van der Waals surface area contributed by atoms with Gasteiger partial charge in [-0.1, -0.05) is 25.1 Å². The van der Waals surface area contributed by atoms with Crippen molar-refractivity contribution in [3.8, 4) is 0 Å². The van der Waals surface area contributed by atoms with Gasteiger partial charge in [0.2, 0.25) is 5.91 Å². The maximum atomic E-state index is 13.8. The normalized spacial score (nSPS) is 15.8. The summed E-state index contributed by atoms with van der Waals surface area (Å²) in [5.41, 5.74) is 2.06. The van der Waals surface area contributed by atoms with Crippen molar-refractivity contribution in [1.82, 2.24) is 4.90 Å². The van der Waals surface area contributed by atoms with E-state index in [-0.39, 0.29) is 24.2 Å². The van der Waals surface area contributed by atoms with E-state index in [9.17, 15) is 14.0 Å². The molecule has 156 valence electrons. The number of carbonyl (C=O) groups is 2. The lowest BCUT2D eigenvalue weighted by atomic mass is 9.88. The van der Waals surface area contributed by atoms with Crippen molar-refractivity contribution in [2.24, 2.45) is 5.92 Å². The number of carbonyl (C=O) groups excluding carboxylic acids is 2. The summed E-state index contributed by atoms with van der Waals surface area (Å²) in [7, 11) is 1.76. The number of amides is 1. The Kier molecular flexibility index (Phi) is 7.03. The smallest absolute Gasteiger partial charge is 0.341 e. The highest BCUT2D eigenvalue weighted by molar-refractivity contribution is 7.17. The van der Waals surface area contributed by atoms with Crippen LogP contribution < -0.4 is 5.32 Å². The molecule has 1 heterocycles. The summed E-state index contributed by atoms with van der Waals surface area (Å²) >= 11 is 1.47. The van der Waals surface area contributed by atoms with Gasteiger partial charge in [0.15, 0.2) is 0 Å². The molecule has 7 heteroatoms. The molecule has 0 fully saturated rings. The molecule has 1 amide bonds. The number of hydrogen-bond donors (Lipinski definition) is 1. The van der Waals surface area contributed by atoms with Crippen LogP contribution >= 0.6 is 11.3 Å². The van der Waals surface area contributed by atoms with Gasteiger partial charge in [-0.25, -0.2) is 9.18 Å². The van der Waals surface area contributed by atoms with Crippen LogP contribution in [-0.4, -0.2) is 37.0 Å². The number of nitrogens with zero attached hydrogens (tertiary/aromatic N) is 1. The van der Waals surface area contributed by atoms with Crippen LogP contribution in [0.5, 0.6) is 0 Å². The number of hydrogen-bond acceptors (Lipinski definition) is 5. The molecule has 1 aromatic carbocycles. The second kappa shape index (κ2) is 9.50. The number of benzene rings is 1. The lowest BCUT2D eigenvalue weighted by Crippen LogP contribution is -2.30. The number of esters is 1. The van der Waals surface area contributed by atoms with Gasteiger partial charge in [0, 0.05) is 17.0 Å². The lowest BCUT2D eigenvalue weighted by Gasteiger charge is -2.18. The maximum Gasteiger partial charge on any atom is 0.341 e. The second-order valence-corrected chi connectivity index (χ2v) is 8.69. The number of likely N-dealkylation sites (N-methyl/N-ethyl adjacent to an activating group) is 1. The quantitative estimate of drug-likeness (QED) is 0.683. The van der Waals surface area contributed by atoms with Crippen LogP contribution in [0, 0.1) is 11.7 Å². The van der Waals surface area contributed by atoms with Gasteiger partial charge in [-0.05, 0) is 50.8 Å². The van der Waals surface area contributed by atoms with Crippen molar-refractivity contribution in [2.75, 3.05) is 25.5 Å². The molecule has 2 aromatic rings. The average Bonchev–Trinajstić information content (AvgIpc) is 3.00. The summed E-state index contributed by atoms with van der Waals surface area (Å²) in [5, 5.41) is 3.46. The number of rotatable bonds is 7. The van der Waals surface area contributed by atoms with E-state index in [1.165, 1.54) is 17.4 Å². The molecule has 5 nitrogen and oxygen atoms in total. The molecule has 0 radical (unpaired) electrons. The predicted octanol–water partition coefficient (Wildman–Crippen LogP) is 4.26. The van der Waals surface area contributed by atoms with Crippen molar-refractivity contribution in [1.29, 1.82) is 0 Å². The van der Waals surface area contributed by atoms with Crippen LogP contribution in [0.3, 0.4) is 0 Å². The second-order valence-electron chi connectivity index (χ2n) is 7.59. The van der Waals surface area contributed by atoms with E-state index in [4.69, 9.17) is 4.74 Å². The molecule has 1 aliphatic rings. The Labute approximate surface area is 174 Å². The zero-order chi connectivity index (χ0) is 21.0. The largest absolute Gasteiger partial charge is 0.462 e.